The molecule has 0 fully saturated rings. The molecule has 28 heavy (non-hydrogen) atoms. The molecule has 0 spiro atoms. The first kappa shape index (κ1) is 18.8. The van der Waals surface area contributed by atoms with Crippen molar-refractivity contribution in [3.8, 4) is 0 Å². The van der Waals surface area contributed by atoms with Crippen LogP contribution in [-0.2, 0) is 30.7 Å². The van der Waals surface area contributed by atoms with Crippen molar-refractivity contribution in [2.75, 3.05) is 0 Å². The molecule has 0 unspecified atom stereocenters. The predicted octanol–water partition coefficient (Wildman–Crippen LogP) is 3.49. The lowest BCUT2D eigenvalue weighted by Crippen LogP contribution is -2.32. The molecule has 0 aliphatic heterocycles. The Balaban J connectivity index is 1.51. The number of halogens is 1. The van der Waals surface area contributed by atoms with Gasteiger partial charge in [-0.25, -0.2) is 9.37 Å². The predicted molar refractivity (Wildman–Crippen MR) is 108 cm³/mol. The summed E-state index contributed by atoms with van der Waals surface area (Å²) in [7, 11) is 0. The molecule has 1 aromatic carbocycles. The molecule has 0 saturated heterocycles. The van der Waals surface area contributed by atoms with Gasteiger partial charge in [0.05, 0.1) is 11.7 Å². The summed E-state index contributed by atoms with van der Waals surface area (Å²) in [5.41, 5.74) is 2.22. The summed E-state index contributed by atoms with van der Waals surface area (Å²) >= 11 is 1.60. The quantitative estimate of drug-likeness (QED) is 0.683. The van der Waals surface area contributed by atoms with E-state index in [1.165, 1.54) is 28.3 Å². The molecule has 1 amide bonds. The van der Waals surface area contributed by atoms with Gasteiger partial charge in [-0.15, -0.1) is 11.3 Å². The number of hydrogen-bond acceptors (Lipinski definition) is 4. The first-order valence-corrected chi connectivity index (χ1v) is 10.4. The summed E-state index contributed by atoms with van der Waals surface area (Å²) in [6.45, 7) is 1.81. The van der Waals surface area contributed by atoms with Crippen molar-refractivity contribution in [1.29, 1.82) is 0 Å². The van der Waals surface area contributed by atoms with Crippen molar-refractivity contribution in [2.24, 2.45) is 0 Å². The average Bonchev–Trinajstić information content (AvgIpc) is 2.87. The first-order valence-electron chi connectivity index (χ1n) is 9.54. The molecule has 0 radical (unpaired) electrons. The highest BCUT2D eigenvalue weighted by Crippen LogP contribution is 2.32. The standard InChI is InChI=1S/C21H22FN3O2S/c1-13-7-8-14(9-16(13)22)10-23-18(26)11-25-12-24-20-19(21(25)27)15-5-3-2-4-6-17(15)28-20/h7-9,12H,2-6,10-11H2,1H3,(H,23,26). The van der Waals surface area contributed by atoms with Gasteiger partial charge in [-0.2, -0.15) is 0 Å². The molecule has 4 rings (SSSR count). The third-order valence-corrected chi connectivity index (χ3v) is 6.43. The number of benzene rings is 1. The van der Waals surface area contributed by atoms with Crippen LogP contribution in [0.15, 0.2) is 29.3 Å². The molecule has 7 heteroatoms. The Labute approximate surface area is 166 Å². The molecule has 5 nitrogen and oxygen atoms in total. The Morgan fingerprint density at radius 1 is 1.29 bits per heavy atom. The van der Waals surface area contributed by atoms with Gasteiger partial charge in [0.25, 0.3) is 5.56 Å². The van der Waals surface area contributed by atoms with Gasteiger partial charge in [-0.05, 0) is 55.4 Å². The molecule has 3 aromatic rings. The van der Waals surface area contributed by atoms with Crippen LogP contribution < -0.4 is 10.9 Å². The minimum Gasteiger partial charge on any atom is -0.350 e. The molecule has 0 saturated carbocycles. The molecule has 1 aliphatic carbocycles. The number of nitrogens with zero attached hydrogens (tertiary/aromatic N) is 2. The number of rotatable bonds is 4. The third-order valence-electron chi connectivity index (χ3n) is 5.23. The van der Waals surface area contributed by atoms with E-state index in [0.29, 0.717) is 16.5 Å². The monoisotopic (exact) mass is 399 g/mol. The molecule has 1 aliphatic rings. The number of nitrogens with one attached hydrogen (secondary N) is 1. The summed E-state index contributed by atoms with van der Waals surface area (Å²) in [6.07, 6.45) is 6.77. The van der Waals surface area contributed by atoms with E-state index in [2.05, 4.69) is 10.3 Å². The molecular formula is C21H22FN3O2S. The van der Waals surface area contributed by atoms with Crippen molar-refractivity contribution >= 4 is 27.5 Å². The van der Waals surface area contributed by atoms with Gasteiger partial charge >= 0.3 is 0 Å². The van der Waals surface area contributed by atoms with Crippen LogP contribution in [0, 0.1) is 12.7 Å². The maximum absolute atomic E-state index is 13.6. The smallest absolute Gasteiger partial charge is 0.262 e. The van der Waals surface area contributed by atoms with E-state index in [1.807, 2.05) is 0 Å². The second-order valence-electron chi connectivity index (χ2n) is 7.28. The Kier molecular flexibility index (Phi) is 5.26. The number of amides is 1. The van der Waals surface area contributed by atoms with E-state index in [0.717, 1.165) is 36.1 Å². The zero-order chi connectivity index (χ0) is 19.7. The summed E-state index contributed by atoms with van der Waals surface area (Å²) < 4.78 is 15.0. The van der Waals surface area contributed by atoms with Gasteiger partial charge in [0.15, 0.2) is 0 Å². The number of hydrogen-bond donors (Lipinski definition) is 1. The number of aryl methyl sites for hydroxylation is 3. The van der Waals surface area contributed by atoms with Crippen molar-refractivity contribution < 1.29 is 9.18 Å². The van der Waals surface area contributed by atoms with Gasteiger partial charge in [-0.3, -0.25) is 14.2 Å². The second-order valence-corrected chi connectivity index (χ2v) is 8.37. The van der Waals surface area contributed by atoms with E-state index in [-0.39, 0.29) is 30.4 Å². The van der Waals surface area contributed by atoms with Crippen LogP contribution in [0.2, 0.25) is 0 Å². The van der Waals surface area contributed by atoms with Crippen molar-refractivity contribution in [3.63, 3.8) is 0 Å². The third kappa shape index (κ3) is 3.71. The lowest BCUT2D eigenvalue weighted by molar-refractivity contribution is -0.121. The number of thiophene rings is 1. The van der Waals surface area contributed by atoms with Crippen molar-refractivity contribution in [2.45, 2.75) is 52.1 Å². The van der Waals surface area contributed by atoms with Gasteiger partial charge < -0.3 is 5.32 Å². The molecule has 0 atom stereocenters. The number of carbonyl (C=O) groups excluding carboxylic acids is 1. The fourth-order valence-electron chi connectivity index (χ4n) is 3.63. The average molecular weight is 399 g/mol. The van der Waals surface area contributed by atoms with E-state index in [9.17, 15) is 14.0 Å². The minimum atomic E-state index is -0.300. The molecule has 2 aromatic heterocycles. The lowest BCUT2D eigenvalue weighted by atomic mass is 10.1. The van der Waals surface area contributed by atoms with Crippen LogP contribution >= 0.6 is 11.3 Å². The van der Waals surface area contributed by atoms with E-state index in [4.69, 9.17) is 0 Å². The topological polar surface area (TPSA) is 64.0 Å². The molecule has 0 bridgehead atoms. The minimum absolute atomic E-state index is 0.0965. The van der Waals surface area contributed by atoms with Crippen LogP contribution in [0.5, 0.6) is 0 Å². The zero-order valence-electron chi connectivity index (χ0n) is 15.8. The van der Waals surface area contributed by atoms with E-state index in [1.54, 1.807) is 30.4 Å². The van der Waals surface area contributed by atoms with Crippen molar-refractivity contribution in [3.05, 3.63) is 62.3 Å². The summed E-state index contributed by atoms with van der Waals surface area (Å²) in [5, 5.41) is 3.42. The number of carbonyl (C=O) groups is 1. The summed E-state index contributed by atoms with van der Waals surface area (Å²) in [4.78, 5) is 31.7. The van der Waals surface area contributed by atoms with Crippen LogP contribution in [-0.4, -0.2) is 15.5 Å². The zero-order valence-corrected chi connectivity index (χ0v) is 16.6. The van der Waals surface area contributed by atoms with Crippen LogP contribution in [0.1, 0.15) is 40.8 Å². The van der Waals surface area contributed by atoms with Gasteiger partial charge in [-0.1, -0.05) is 18.6 Å². The molecule has 2 heterocycles. The molecule has 1 N–H and O–H groups in total. The van der Waals surface area contributed by atoms with Gasteiger partial charge in [0.1, 0.15) is 17.2 Å². The first-order chi connectivity index (χ1) is 13.5. The highest BCUT2D eigenvalue weighted by molar-refractivity contribution is 7.18. The Morgan fingerprint density at radius 3 is 2.93 bits per heavy atom. The highest BCUT2D eigenvalue weighted by Gasteiger charge is 2.19. The number of aromatic nitrogens is 2. The SMILES string of the molecule is Cc1ccc(CNC(=O)Cn2cnc3sc4c(c3c2=O)CCCCC4)cc1F. The van der Waals surface area contributed by atoms with Crippen LogP contribution in [0.4, 0.5) is 4.39 Å². The fourth-order valence-corrected chi connectivity index (χ4v) is 4.85. The van der Waals surface area contributed by atoms with E-state index < -0.39 is 0 Å². The van der Waals surface area contributed by atoms with E-state index >= 15 is 0 Å². The maximum Gasteiger partial charge on any atom is 0.262 e. The number of fused-ring (bicyclic) bond motifs is 3. The fraction of sp³-hybridized carbons (Fsp3) is 0.381. The van der Waals surface area contributed by atoms with Crippen LogP contribution in [0.25, 0.3) is 10.2 Å². The van der Waals surface area contributed by atoms with Crippen molar-refractivity contribution in [1.82, 2.24) is 14.9 Å². The molecule has 146 valence electrons. The highest BCUT2D eigenvalue weighted by atomic mass is 32.1. The lowest BCUT2D eigenvalue weighted by Gasteiger charge is -2.08. The molecular weight excluding hydrogens is 377 g/mol. The van der Waals surface area contributed by atoms with Gasteiger partial charge in [0, 0.05) is 11.4 Å². The Morgan fingerprint density at radius 2 is 2.11 bits per heavy atom. The van der Waals surface area contributed by atoms with Gasteiger partial charge in [0.2, 0.25) is 5.91 Å². The maximum atomic E-state index is 13.6. The summed E-state index contributed by atoms with van der Waals surface area (Å²) in [5.74, 6) is -0.596. The Bertz CT molecular complexity index is 1100. The normalized spacial score (nSPS) is 13.9. The Hall–Kier alpha value is -2.54. The van der Waals surface area contributed by atoms with Crippen LogP contribution in [0.3, 0.4) is 0 Å². The summed E-state index contributed by atoms with van der Waals surface area (Å²) in [6, 6.07) is 4.87. The largest absolute Gasteiger partial charge is 0.350 e. The second kappa shape index (κ2) is 7.83.